The molecule has 198 valence electrons. The molecule has 3 aromatic heterocycles. The molecule has 1 aromatic carbocycles. The summed E-state index contributed by atoms with van der Waals surface area (Å²) >= 11 is 13.5. The summed E-state index contributed by atoms with van der Waals surface area (Å²) in [6.45, 7) is 6.36. The van der Waals surface area contributed by atoms with E-state index in [1.165, 1.54) is 20.3 Å². The molecule has 0 spiro atoms. The second kappa shape index (κ2) is 10.6. The maximum atomic E-state index is 11.9. The Morgan fingerprint density at radius 3 is 2.58 bits per heavy atom. The van der Waals surface area contributed by atoms with Crippen molar-refractivity contribution in [3.05, 3.63) is 52.9 Å². The summed E-state index contributed by atoms with van der Waals surface area (Å²) in [4.78, 5) is 26.0. The third-order valence-electron chi connectivity index (χ3n) is 6.42. The Labute approximate surface area is 228 Å². The average molecular weight is 557 g/mol. The number of rotatable bonds is 7. The van der Waals surface area contributed by atoms with Crippen molar-refractivity contribution < 1.29 is 19.0 Å². The zero-order valence-electron chi connectivity index (χ0n) is 21.0. The molecule has 0 saturated carbocycles. The molecule has 1 saturated heterocycles. The molecule has 0 unspecified atom stereocenters. The van der Waals surface area contributed by atoms with Gasteiger partial charge >= 0.3 is 0 Å². The first-order valence-electron chi connectivity index (χ1n) is 11.9. The van der Waals surface area contributed by atoms with Crippen LogP contribution in [0, 0.1) is 6.92 Å². The van der Waals surface area contributed by atoms with Gasteiger partial charge in [0.15, 0.2) is 5.65 Å². The van der Waals surface area contributed by atoms with Crippen LogP contribution in [0.5, 0.6) is 11.5 Å². The first-order valence-corrected chi connectivity index (χ1v) is 12.6. The second-order valence-electron chi connectivity index (χ2n) is 8.82. The van der Waals surface area contributed by atoms with Crippen molar-refractivity contribution in [2.24, 2.45) is 0 Å². The normalized spacial score (nSPS) is 17.4. The minimum Gasteiger partial charge on any atom is -0.495 e. The fraction of sp³-hybridized carbons (Fsp3) is 0.308. The SMILES string of the molecule is C=CC(=O)N[C@@H]1COCC[C@@H]1Nc1ncc2cc(-c3c(Cl)c(OC)cc(OC)c3Cl)c3nc(C)cn3c2n1. The topological polar surface area (TPSA) is 112 Å². The van der Waals surface area contributed by atoms with Crippen molar-refractivity contribution >= 4 is 51.7 Å². The number of amides is 1. The van der Waals surface area contributed by atoms with Crippen molar-refractivity contribution in [1.29, 1.82) is 0 Å². The number of aromatic nitrogens is 4. The van der Waals surface area contributed by atoms with E-state index < -0.39 is 0 Å². The number of fused-ring (bicyclic) bond motifs is 3. The summed E-state index contributed by atoms with van der Waals surface area (Å²) in [6, 6.07) is 3.17. The number of hydrogen-bond donors (Lipinski definition) is 2. The lowest BCUT2D eigenvalue weighted by Gasteiger charge is -2.32. The van der Waals surface area contributed by atoms with E-state index in [-0.39, 0.29) is 18.0 Å². The van der Waals surface area contributed by atoms with Crippen molar-refractivity contribution in [2.75, 3.05) is 32.8 Å². The number of pyridine rings is 1. The van der Waals surface area contributed by atoms with E-state index in [2.05, 4.69) is 22.2 Å². The van der Waals surface area contributed by atoms with Gasteiger partial charge < -0.3 is 24.8 Å². The minimum absolute atomic E-state index is 0.119. The Kier molecular flexibility index (Phi) is 7.29. The molecule has 4 aromatic rings. The van der Waals surface area contributed by atoms with Crippen molar-refractivity contribution in [2.45, 2.75) is 25.4 Å². The molecule has 0 bridgehead atoms. The number of hydrogen-bond acceptors (Lipinski definition) is 8. The van der Waals surface area contributed by atoms with Crippen molar-refractivity contribution in [3.8, 4) is 22.6 Å². The van der Waals surface area contributed by atoms with Gasteiger partial charge in [0.2, 0.25) is 11.9 Å². The first kappa shape index (κ1) is 26.0. The van der Waals surface area contributed by atoms with Gasteiger partial charge in [-0.2, -0.15) is 4.98 Å². The van der Waals surface area contributed by atoms with Gasteiger partial charge in [-0.05, 0) is 25.5 Å². The zero-order valence-corrected chi connectivity index (χ0v) is 22.6. The number of carbonyl (C=O) groups is 1. The van der Waals surface area contributed by atoms with Gasteiger partial charge in [-0.15, -0.1) is 0 Å². The number of methoxy groups -OCH3 is 2. The molecule has 1 aliphatic rings. The maximum Gasteiger partial charge on any atom is 0.243 e. The van der Waals surface area contributed by atoms with Crippen LogP contribution in [-0.4, -0.2) is 64.8 Å². The summed E-state index contributed by atoms with van der Waals surface area (Å²) in [5.41, 5.74) is 3.25. The number of benzene rings is 1. The summed E-state index contributed by atoms with van der Waals surface area (Å²) in [6.07, 6.45) is 5.53. The predicted octanol–water partition coefficient (Wildman–Crippen LogP) is 4.45. The lowest BCUT2D eigenvalue weighted by molar-refractivity contribution is -0.118. The van der Waals surface area contributed by atoms with Crippen molar-refractivity contribution in [1.82, 2.24) is 24.7 Å². The monoisotopic (exact) mass is 556 g/mol. The molecule has 1 aliphatic heterocycles. The Balaban J connectivity index is 1.61. The van der Waals surface area contributed by atoms with Crippen LogP contribution in [0.4, 0.5) is 5.95 Å². The summed E-state index contributed by atoms with van der Waals surface area (Å²) < 4.78 is 18.4. The highest BCUT2D eigenvalue weighted by Gasteiger charge is 2.28. The van der Waals surface area contributed by atoms with Crippen LogP contribution < -0.4 is 20.1 Å². The van der Waals surface area contributed by atoms with Crippen LogP contribution in [0.2, 0.25) is 10.0 Å². The number of anilines is 1. The standard InChI is InChI=1S/C26H26Cl2N6O4/c1-5-20(35)31-17-12-38-7-6-16(17)32-26-29-10-14-8-15(25-30-13(2)11-34(25)24(14)33-26)21-22(27)18(36-3)9-19(37-4)23(21)28/h5,8-11,16-17H,1,6-7,12H2,2-4H3,(H,31,35)(H,29,32,33)/t16-,17+/m0/s1. The predicted molar refractivity (Wildman–Crippen MR) is 147 cm³/mol. The number of nitrogens with one attached hydrogen (secondary N) is 2. The van der Waals surface area contributed by atoms with Crippen LogP contribution in [0.3, 0.4) is 0 Å². The van der Waals surface area contributed by atoms with E-state index in [9.17, 15) is 4.79 Å². The molecule has 5 rings (SSSR count). The molecule has 1 amide bonds. The molecule has 10 nitrogen and oxygen atoms in total. The van der Waals surface area contributed by atoms with Crippen LogP contribution in [-0.2, 0) is 9.53 Å². The number of halogens is 2. The van der Waals surface area contributed by atoms with Gasteiger partial charge in [-0.1, -0.05) is 29.8 Å². The molecule has 0 radical (unpaired) electrons. The van der Waals surface area contributed by atoms with E-state index in [1.807, 2.05) is 23.6 Å². The zero-order chi connectivity index (χ0) is 27.0. The van der Waals surface area contributed by atoms with E-state index in [0.29, 0.717) is 69.5 Å². The van der Waals surface area contributed by atoms with E-state index in [1.54, 1.807) is 12.3 Å². The molecule has 38 heavy (non-hydrogen) atoms. The number of carbonyl (C=O) groups excluding carboxylic acids is 1. The van der Waals surface area contributed by atoms with Gasteiger partial charge in [0.05, 0.1) is 48.6 Å². The molecular formula is C26H26Cl2N6O4. The molecular weight excluding hydrogens is 531 g/mol. The van der Waals surface area contributed by atoms with E-state index >= 15 is 0 Å². The highest BCUT2D eigenvalue weighted by atomic mass is 35.5. The number of imidazole rings is 1. The fourth-order valence-electron chi connectivity index (χ4n) is 4.58. The molecule has 4 heterocycles. The number of aryl methyl sites for hydroxylation is 1. The highest BCUT2D eigenvalue weighted by Crippen LogP contribution is 2.47. The van der Waals surface area contributed by atoms with E-state index in [4.69, 9.17) is 47.4 Å². The quantitative estimate of drug-likeness (QED) is 0.321. The minimum atomic E-state index is -0.263. The fourth-order valence-corrected chi connectivity index (χ4v) is 5.29. The van der Waals surface area contributed by atoms with Gasteiger partial charge in [-0.25, -0.2) is 9.97 Å². The van der Waals surface area contributed by atoms with Crippen molar-refractivity contribution in [3.63, 3.8) is 0 Å². The molecule has 12 heteroatoms. The Bertz CT molecular complexity index is 1530. The third-order valence-corrected chi connectivity index (χ3v) is 7.17. The van der Waals surface area contributed by atoms with Gasteiger partial charge in [0.25, 0.3) is 0 Å². The Morgan fingerprint density at radius 1 is 1.16 bits per heavy atom. The Hall–Kier alpha value is -3.60. The van der Waals surface area contributed by atoms with Gasteiger partial charge in [0.1, 0.15) is 17.1 Å². The highest BCUT2D eigenvalue weighted by molar-refractivity contribution is 6.41. The maximum absolute atomic E-state index is 11.9. The van der Waals surface area contributed by atoms with Crippen LogP contribution in [0.25, 0.3) is 27.8 Å². The lowest BCUT2D eigenvalue weighted by Crippen LogP contribution is -2.52. The number of ether oxygens (including phenoxy) is 3. The van der Waals surface area contributed by atoms with Crippen LogP contribution in [0.1, 0.15) is 12.1 Å². The Morgan fingerprint density at radius 2 is 1.89 bits per heavy atom. The van der Waals surface area contributed by atoms with Crippen LogP contribution >= 0.6 is 23.2 Å². The first-order chi connectivity index (χ1) is 18.3. The largest absolute Gasteiger partial charge is 0.495 e. The summed E-state index contributed by atoms with van der Waals surface area (Å²) in [5, 5.41) is 7.68. The summed E-state index contributed by atoms with van der Waals surface area (Å²) in [7, 11) is 3.06. The van der Waals surface area contributed by atoms with Gasteiger partial charge in [0, 0.05) is 41.6 Å². The second-order valence-corrected chi connectivity index (χ2v) is 9.58. The average Bonchev–Trinajstić information content (AvgIpc) is 3.32. The van der Waals surface area contributed by atoms with E-state index in [0.717, 1.165) is 11.1 Å². The van der Waals surface area contributed by atoms with Gasteiger partial charge in [-0.3, -0.25) is 9.20 Å². The molecule has 0 aliphatic carbocycles. The number of nitrogens with zero attached hydrogens (tertiary/aromatic N) is 4. The van der Waals surface area contributed by atoms with Crippen LogP contribution in [0.15, 0.2) is 37.2 Å². The molecule has 2 N–H and O–H groups in total. The third kappa shape index (κ3) is 4.70. The smallest absolute Gasteiger partial charge is 0.243 e. The molecule has 1 fully saturated rings. The summed E-state index contributed by atoms with van der Waals surface area (Å²) in [5.74, 6) is 1.01. The molecule has 2 atom stereocenters. The lowest BCUT2D eigenvalue weighted by atomic mass is 10.0.